The summed E-state index contributed by atoms with van der Waals surface area (Å²) in [7, 11) is 1.80. The molecule has 0 amide bonds. The van der Waals surface area contributed by atoms with Gasteiger partial charge in [0.2, 0.25) is 0 Å². The summed E-state index contributed by atoms with van der Waals surface area (Å²) in [5, 5.41) is 12.0. The predicted molar refractivity (Wildman–Crippen MR) is 65.1 cm³/mol. The summed E-state index contributed by atoms with van der Waals surface area (Å²) in [6.07, 6.45) is 3.84. The van der Waals surface area contributed by atoms with Crippen LogP contribution in [-0.4, -0.2) is 25.3 Å². The number of hydrogen-bond acceptors (Lipinski definition) is 3. The first-order chi connectivity index (χ1) is 7.48. The van der Waals surface area contributed by atoms with Crippen LogP contribution in [0.5, 0.6) is 0 Å². The first kappa shape index (κ1) is 13.5. The Morgan fingerprint density at radius 2 is 2.06 bits per heavy atom. The van der Waals surface area contributed by atoms with Gasteiger partial charge in [0.1, 0.15) is 0 Å². The van der Waals surface area contributed by atoms with E-state index in [-0.39, 0.29) is 11.0 Å². The van der Waals surface area contributed by atoms with E-state index in [1.807, 2.05) is 0 Å². The van der Waals surface area contributed by atoms with Crippen molar-refractivity contribution in [3.05, 3.63) is 0 Å². The fourth-order valence-electron chi connectivity index (χ4n) is 2.42. The van der Waals surface area contributed by atoms with Gasteiger partial charge in [0.25, 0.3) is 0 Å². The molecule has 1 fully saturated rings. The van der Waals surface area contributed by atoms with E-state index < -0.39 is 0 Å². The van der Waals surface area contributed by atoms with Crippen molar-refractivity contribution in [1.82, 2.24) is 5.32 Å². The van der Waals surface area contributed by atoms with Crippen molar-refractivity contribution in [2.75, 3.05) is 13.7 Å². The maximum absolute atomic E-state index is 8.43. The van der Waals surface area contributed by atoms with Gasteiger partial charge >= 0.3 is 0 Å². The first-order valence-electron chi connectivity index (χ1n) is 6.13. The van der Waals surface area contributed by atoms with Crippen LogP contribution >= 0.6 is 0 Å². The molecule has 92 valence electrons. The van der Waals surface area contributed by atoms with E-state index in [1.54, 1.807) is 7.11 Å². The first-order valence-corrected chi connectivity index (χ1v) is 6.13. The molecule has 3 nitrogen and oxygen atoms in total. The summed E-state index contributed by atoms with van der Waals surface area (Å²) in [4.78, 5) is 0. The molecule has 2 unspecified atom stereocenters. The highest BCUT2D eigenvalue weighted by Gasteiger charge is 2.57. The molecule has 1 N–H and O–H groups in total. The quantitative estimate of drug-likeness (QED) is 0.705. The van der Waals surface area contributed by atoms with E-state index in [4.69, 9.17) is 10.00 Å². The Bertz CT molecular complexity index is 270. The molecule has 1 rings (SSSR count). The zero-order valence-electron chi connectivity index (χ0n) is 11.0. The number of nitrogens with zero attached hydrogens (tertiary/aromatic N) is 1. The Kier molecular flexibility index (Phi) is 4.35. The number of nitrogens with one attached hydrogen (secondary N) is 1. The van der Waals surface area contributed by atoms with E-state index in [9.17, 15) is 0 Å². The molecular formula is C13H24N2O. The fraction of sp³-hybridized carbons (Fsp3) is 0.923. The van der Waals surface area contributed by atoms with Crippen molar-refractivity contribution in [1.29, 1.82) is 5.26 Å². The summed E-state index contributed by atoms with van der Waals surface area (Å²) in [6, 6.07) is 2.72. The SMILES string of the molecule is COC1(C)CC(NCCCCC#N)C1(C)C. The van der Waals surface area contributed by atoms with Crippen LogP contribution in [0.1, 0.15) is 46.5 Å². The third-order valence-electron chi connectivity index (χ3n) is 4.38. The number of nitriles is 1. The Balaban J connectivity index is 2.24. The lowest BCUT2D eigenvalue weighted by molar-refractivity contribution is -0.180. The highest BCUT2D eigenvalue weighted by atomic mass is 16.5. The highest BCUT2D eigenvalue weighted by molar-refractivity contribution is 5.11. The molecule has 0 aromatic carbocycles. The summed E-state index contributed by atoms with van der Waals surface area (Å²) in [5.41, 5.74) is 0.203. The second-order valence-corrected chi connectivity index (χ2v) is 5.48. The van der Waals surface area contributed by atoms with Crippen molar-refractivity contribution in [2.45, 2.75) is 58.1 Å². The van der Waals surface area contributed by atoms with Gasteiger partial charge in [-0.25, -0.2) is 0 Å². The zero-order valence-corrected chi connectivity index (χ0v) is 11.0. The molecule has 1 aliphatic carbocycles. The average Bonchev–Trinajstić information content (AvgIpc) is 2.26. The molecule has 1 aliphatic rings. The van der Waals surface area contributed by atoms with E-state index in [2.05, 4.69) is 32.2 Å². The standard InChI is InChI=1S/C13H24N2O/c1-12(2)11(10-13(12,3)16-4)15-9-7-5-6-8-14/h11,15H,5-7,9-10H2,1-4H3. The molecule has 0 saturated heterocycles. The Morgan fingerprint density at radius 3 is 2.56 bits per heavy atom. The van der Waals surface area contributed by atoms with Crippen molar-refractivity contribution in [2.24, 2.45) is 5.41 Å². The number of methoxy groups -OCH3 is 1. The monoisotopic (exact) mass is 224 g/mol. The zero-order chi connectivity index (χ0) is 12.2. The lowest BCUT2D eigenvalue weighted by atomic mass is 9.56. The number of hydrogen-bond donors (Lipinski definition) is 1. The van der Waals surface area contributed by atoms with Gasteiger partial charge in [0, 0.05) is 25.0 Å². The van der Waals surface area contributed by atoms with Gasteiger partial charge in [0.15, 0.2) is 0 Å². The lowest BCUT2D eigenvalue weighted by Gasteiger charge is -2.59. The average molecular weight is 224 g/mol. The van der Waals surface area contributed by atoms with Gasteiger partial charge in [-0.2, -0.15) is 5.26 Å². The summed E-state index contributed by atoms with van der Waals surface area (Å²) < 4.78 is 5.58. The van der Waals surface area contributed by atoms with Crippen molar-refractivity contribution >= 4 is 0 Å². The largest absolute Gasteiger partial charge is 0.378 e. The normalized spacial score (nSPS) is 31.8. The number of rotatable bonds is 6. The third-order valence-corrected chi connectivity index (χ3v) is 4.38. The molecule has 16 heavy (non-hydrogen) atoms. The Morgan fingerprint density at radius 1 is 1.38 bits per heavy atom. The summed E-state index contributed by atoms with van der Waals surface area (Å²) in [5.74, 6) is 0. The molecule has 0 aromatic rings. The van der Waals surface area contributed by atoms with Crippen LogP contribution in [0.4, 0.5) is 0 Å². The Labute approximate surface area is 99.2 Å². The van der Waals surface area contributed by atoms with Gasteiger partial charge < -0.3 is 10.1 Å². The second-order valence-electron chi connectivity index (χ2n) is 5.48. The molecule has 1 saturated carbocycles. The van der Waals surface area contributed by atoms with Gasteiger partial charge in [0.05, 0.1) is 11.7 Å². The van der Waals surface area contributed by atoms with Gasteiger partial charge in [-0.05, 0) is 32.7 Å². The highest BCUT2D eigenvalue weighted by Crippen LogP contribution is 2.51. The van der Waals surface area contributed by atoms with Gasteiger partial charge in [-0.3, -0.25) is 0 Å². The molecule has 3 heteroatoms. The minimum atomic E-state index is 0.0112. The van der Waals surface area contributed by atoms with Crippen LogP contribution in [0.3, 0.4) is 0 Å². The topological polar surface area (TPSA) is 45.0 Å². The number of ether oxygens (including phenoxy) is 1. The van der Waals surface area contributed by atoms with Crippen LogP contribution < -0.4 is 5.32 Å². The maximum Gasteiger partial charge on any atom is 0.0731 e. The maximum atomic E-state index is 8.43. The minimum Gasteiger partial charge on any atom is -0.378 e. The Hall–Kier alpha value is -0.590. The van der Waals surface area contributed by atoms with Gasteiger partial charge in [-0.1, -0.05) is 13.8 Å². The summed E-state index contributed by atoms with van der Waals surface area (Å²) in [6.45, 7) is 7.70. The van der Waals surface area contributed by atoms with Crippen molar-refractivity contribution in [3.8, 4) is 6.07 Å². The number of unbranched alkanes of at least 4 members (excludes halogenated alkanes) is 2. The minimum absolute atomic E-state index is 0.0112. The molecule has 0 radical (unpaired) electrons. The third kappa shape index (κ3) is 2.39. The van der Waals surface area contributed by atoms with Crippen LogP contribution in [0.2, 0.25) is 0 Å². The summed E-state index contributed by atoms with van der Waals surface area (Å²) >= 11 is 0. The van der Waals surface area contributed by atoms with E-state index in [1.165, 1.54) is 0 Å². The van der Waals surface area contributed by atoms with Crippen LogP contribution in [0.15, 0.2) is 0 Å². The van der Waals surface area contributed by atoms with Crippen molar-refractivity contribution in [3.63, 3.8) is 0 Å². The van der Waals surface area contributed by atoms with Crippen LogP contribution in [-0.2, 0) is 4.74 Å². The van der Waals surface area contributed by atoms with Crippen LogP contribution in [0, 0.1) is 16.7 Å². The van der Waals surface area contributed by atoms with E-state index in [0.717, 1.165) is 25.8 Å². The molecule has 0 spiro atoms. The smallest absolute Gasteiger partial charge is 0.0731 e. The van der Waals surface area contributed by atoms with Crippen LogP contribution in [0.25, 0.3) is 0 Å². The van der Waals surface area contributed by atoms with E-state index in [0.29, 0.717) is 12.5 Å². The molecule has 0 bridgehead atoms. The molecule has 0 aliphatic heterocycles. The van der Waals surface area contributed by atoms with Crippen molar-refractivity contribution < 1.29 is 4.74 Å². The fourth-order valence-corrected chi connectivity index (χ4v) is 2.42. The second kappa shape index (κ2) is 5.16. The predicted octanol–water partition coefficient (Wildman–Crippen LogP) is 2.47. The lowest BCUT2D eigenvalue weighted by Crippen LogP contribution is -2.67. The molecule has 0 heterocycles. The molecule has 2 atom stereocenters. The van der Waals surface area contributed by atoms with E-state index >= 15 is 0 Å². The van der Waals surface area contributed by atoms with Gasteiger partial charge in [-0.15, -0.1) is 0 Å². The molecular weight excluding hydrogens is 200 g/mol. The molecule has 0 aromatic heterocycles.